The van der Waals surface area contributed by atoms with Crippen LogP contribution in [0.25, 0.3) is 10.9 Å². The van der Waals surface area contributed by atoms with E-state index < -0.39 is 0 Å². The smallest absolute Gasteiger partial charge is 0.211 e. The third kappa shape index (κ3) is 1.58. The lowest BCUT2D eigenvalue weighted by Crippen LogP contribution is -1.98. The molecule has 2 aromatic rings. The molecular formula is C12H12N2O2. The maximum atomic E-state index is 10.9. The van der Waals surface area contributed by atoms with Crippen molar-refractivity contribution in [2.75, 3.05) is 5.32 Å². The van der Waals surface area contributed by atoms with Gasteiger partial charge in [-0.1, -0.05) is 0 Å². The van der Waals surface area contributed by atoms with E-state index in [2.05, 4.69) is 5.32 Å². The molecule has 0 spiro atoms. The number of carbonyl (C=O) groups is 2. The summed E-state index contributed by atoms with van der Waals surface area (Å²) in [6.07, 6.45) is 1.48. The van der Waals surface area contributed by atoms with Crippen LogP contribution in [0.3, 0.4) is 0 Å². The molecule has 0 aliphatic rings. The number of aryl methyl sites for hydroxylation is 1. The molecule has 82 valence electrons. The van der Waals surface area contributed by atoms with E-state index >= 15 is 0 Å². The summed E-state index contributed by atoms with van der Waals surface area (Å²) < 4.78 is 1.94. The number of carbonyl (C=O) groups excluding carboxylic acids is 2. The van der Waals surface area contributed by atoms with E-state index in [0.717, 1.165) is 29.4 Å². The van der Waals surface area contributed by atoms with E-state index in [4.69, 9.17) is 0 Å². The van der Waals surface area contributed by atoms with Gasteiger partial charge in [-0.2, -0.15) is 0 Å². The molecule has 1 amide bonds. The number of hydrogen-bond donors (Lipinski definition) is 1. The second kappa shape index (κ2) is 4.18. The fourth-order valence-corrected chi connectivity index (χ4v) is 1.90. The number of amides is 1. The Morgan fingerprint density at radius 3 is 2.75 bits per heavy atom. The summed E-state index contributed by atoms with van der Waals surface area (Å²) in [5.41, 5.74) is 2.38. The molecule has 0 aliphatic heterocycles. The zero-order chi connectivity index (χ0) is 11.5. The van der Waals surface area contributed by atoms with Crippen molar-refractivity contribution in [3.05, 3.63) is 30.0 Å². The van der Waals surface area contributed by atoms with Gasteiger partial charge in [-0.15, -0.1) is 0 Å². The van der Waals surface area contributed by atoms with Crippen LogP contribution in [0, 0.1) is 0 Å². The Morgan fingerprint density at radius 2 is 2.12 bits per heavy atom. The van der Waals surface area contributed by atoms with Crippen LogP contribution in [-0.2, 0) is 11.3 Å². The number of nitrogens with zero attached hydrogens (tertiary/aromatic N) is 1. The van der Waals surface area contributed by atoms with Crippen LogP contribution in [0.2, 0.25) is 0 Å². The van der Waals surface area contributed by atoms with Crippen LogP contribution in [0.4, 0.5) is 5.69 Å². The van der Waals surface area contributed by atoms with Gasteiger partial charge in [0.2, 0.25) is 6.41 Å². The predicted molar refractivity (Wildman–Crippen MR) is 62.7 cm³/mol. The van der Waals surface area contributed by atoms with Crippen molar-refractivity contribution >= 4 is 29.3 Å². The molecule has 0 radical (unpaired) electrons. The summed E-state index contributed by atoms with van der Waals surface area (Å²) in [4.78, 5) is 21.2. The van der Waals surface area contributed by atoms with Gasteiger partial charge in [-0.25, -0.2) is 0 Å². The highest BCUT2D eigenvalue weighted by atomic mass is 16.1. The summed E-state index contributed by atoms with van der Waals surface area (Å²) >= 11 is 0. The largest absolute Gasteiger partial charge is 0.339 e. The van der Waals surface area contributed by atoms with Crippen molar-refractivity contribution in [1.29, 1.82) is 0 Å². The number of aldehydes is 1. The lowest BCUT2D eigenvalue weighted by molar-refractivity contribution is -0.105. The molecule has 0 bridgehead atoms. The number of benzene rings is 1. The second-order valence-electron chi connectivity index (χ2n) is 3.47. The van der Waals surface area contributed by atoms with Crippen molar-refractivity contribution in [2.24, 2.45) is 0 Å². The molecule has 0 atom stereocenters. The van der Waals surface area contributed by atoms with E-state index in [0.29, 0.717) is 12.1 Å². The van der Waals surface area contributed by atoms with Crippen molar-refractivity contribution in [3.8, 4) is 0 Å². The zero-order valence-electron chi connectivity index (χ0n) is 8.93. The average molecular weight is 216 g/mol. The molecule has 2 rings (SSSR count). The van der Waals surface area contributed by atoms with Gasteiger partial charge < -0.3 is 9.88 Å². The van der Waals surface area contributed by atoms with Crippen molar-refractivity contribution in [3.63, 3.8) is 0 Å². The Morgan fingerprint density at radius 1 is 1.31 bits per heavy atom. The third-order valence-electron chi connectivity index (χ3n) is 2.60. The number of aromatic nitrogens is 1. The highest BCUT2D eigenvalue weighted by molar-refractivity contribution is 5.92. The van der Waals surface area contributed by atoms with Gasteiger partial charge in [-0.3, -0.25) is 9.59 Å². The summed E-state index contributed by atoms with van der Waals surface area (Å²) in [5, 5.41) is 3.54. The first kappa shape index (κ1) is 10.4. The Bertz CT molecular complexity index is 543. The molecule has 4 nitrogen and oxygen atoms in total. The Balaban J connectivity index is 2.62. The molecule has 1 heterocycles. The topological polar surface area (TPSA) is 51.1 Å². The minimum atomic E-state index is 0.638. The average Bonchev–Trinajstić information content (AvgIpc) is 2.66. The summed E-state index contributed by atoms with van der Waals surface area (Å²) in [7, 11) is 0. The predicted octanol–water partition coefficient (Wildman–Crippen LogP) is 2.04. The van der Waals surface area contributed by atoms with Crippen LogP contribution >= 0.6 is 0 Å². The molecule has 4 heteroatoms. The van der Waals surface area contributed by atoms with Gasteiger partial charge in [0.05, 0.1) is 5.69 Å². The molecule has 0 fully saturated rings. The summed E-state index contributed by atoms with van der Waals surface area (Å²) in [5.74, 6) is 0. The molecule has 16 heavy (non-hydrogen) atoms. The maximum Gasteiger partial charge on any atom is 0.211 e. The summed E-state index contributed by atoms with van der Waals surface area (Å²) in [6, 6.07) is 7.39. The van der Waals surface area contributed by atoms with E-state index in [9.17, 15) is 9.59 Å². The van der Waals surface area contributed by atoms with Gasteiger partial charge in [0.15, 0.2) is 6.29 Å². The first-order valence-electron chi connectivity index (χ1n) is 5.08. The number of fused-ring (bicyclic) bond motifs is 1. The van der Waals surface area contributed by atoms with Gasteiger partial charge in [0.1, 0.15) is 0 Å². The number of anilines is 1. The van der Waals surface area contributed by atoms with Crippen LogP contribution in [0.15, 0.2) is 24.3 Å². The molecule has 1 aromatic heterocycles. The molecule has 1 aromatic carbocycles. The van der Waals surface area contributed by atoms with E-state index in [-0.39, 0.29) is 0 Å². The molecule has 0 saturated heterocycles. The minimum Gasteiger partial charge on any atom is -0.339 e. The maximum absolute atomic E-state index is 10.9. The van der Waals surface area contributed by atoms with Gasteiger partial charge in [0, 0.05) is 23.1 Å². The lowest BCUT2D eigenvalue weighted by Gasteiger charge is -2.03. The zero-order valence-corrected chi connectivity index (χ0v) is 8.93. The van der Waals surface area contributed by atoms with E-state index in [1.54, 1.807) is 0 Å². The molecule has 0 saturated carbocycles. The highest BCUT2D eigenvalue weighted by Gasteiger charge is 2.06. The van der Waals surface area contributed by atoms with Crippen molar-refractivity contribution in [1.82, 2.24) is 4.57 Å². The van der Waals surface area contributed by atoms with Crippen molar-refractivity contribution < 1.29 is 9.59 Å². The highest BCUT2D eigenvalue weighted by Crippen LogP contribution is 2.22. The molecule has 0 aliphatic carbocycles. The third-order valence-corrected chi connectivity index (χ3v) is 2.60. The van der Waals surface area contributed by atoms with Gasteiger partial charge in [0.25, 0.3) is 0 Å². The quantitative estimate of drug-likeness (QED) is 0.795. The second-order valence-corrected chi connectivity index (χ2v) is 3.47. The number of hydrogen-bond acceptors (Lipinski definition) is 2. The Hall–Kier alpha value is -2.10. The first-order chi connectivity index (χ1) is 7.80. The fourth-order valence-electron chi connectivity index (χ4n) is 1.90. The normalized spacial score (nSPS) is 10.3. The Labute approximate surface area is 92.9 Å². The monoisotopic (exact) mass is 216 g/mol. The lowest BCUT2D eigenvalue weighted by atomic mass is 10.2. The van der Waals surface area contributed by atoms with Gasteiger partial charge in [-0.05, 0) is 31.2 Å². The van der Waals surface area contributed by atoms with Crippen LogP contribution in [-0.4, -0.2) is 17.3 Å². The first-order valence-corrected chi connectivity index (χ1v) is 5.08. The number of rotatable bonds is 4. The molecular weight excluding hydrogens is 204 g/mol. The fraction of sp³-hybridized carbons (Fsp3) is 0.167. The number of nitrogens with one attached hydrogen (secondary N) is 1. The molecule has 1 N–H and O–H groups in total. The molecule has 0 unspecified atom stereocenters. The minimum absolute atomic E-state index is 0.638. The Kier molecular flexibility index (Phi) is 2.72. The van der Waals surface area contributed by atoms with Crippen LogP contribution < -0.4 is 5.32 Å². The van der Waals surface area contributed by atoms with Gasteiger partial charge >= 0.3 is 0 Å². The van der Waals surface area contributed by atoms with E-state index in [1.165, 1.54) is 0 Å². The van der Waals surface area contributed by atoms with Crippen LogP contribution in [0.1, 0.15) is 17.4 Å². The van der Waals surface area contributed by atoms with Crippen LogP contribution in [0.5, 0.6) is 0 Å². The SMILES string of the molecule is CCn1c(C=O)cc2cc(NC=O)ccc21. The summed E-state index contributed by atoms with van der Waals surface area (Å²) in [6.45, 7) is 2.74. The van der Waals surface area contributed by atoms with E-state index in [1.807, 2.05) is 35.8 Å². The standard InChI is InChI=1S/C12H12N2O2/c1-2-14-11(7-15)6-9-5-10(13-8-16)3-4-12(9)14/h3-8H,2H2,1H3,(H,13,16). The van der Waals surface area contributed by atoms with Crippen molar-refractivity contribution in [2.45, 2.75) is 13.5 Å².